The number of esters is 1. The quantitative estimate of drug-likeness (QED) is 0.556. The van der Waals surface area contributed by atoms with Crippen LogP contribution in [0.4, 0.5) is 0 Å². The zero-order valence-electron chi connectivity index (χ0n) is 15.8. The van der Waals surface area contributed by atoms with Gasteiger partial charge in [-0.25, -0.2) is 0 Å². The Kier molecular flexibility index (Phi) is 7.73. The smallest absolute Gasteiger partial charge is 0.313 e. The van der Waals surface area contributed by atoms with Gasteiger partial charge in [-0.1, -0.05) is 40.2 Å². The second kappa shape index (κ2) is 10.0. The molecule has 2 aromatic carbocycles. The number of hydrogen-bond acceptors (Lipinski definition) is 5. The van der Waals surface area contributed by atoms with Crippen molar-refractivity contribution in [3.63, 3.8) is 0 Å². The summed E-state index contributed by atoms with van der Waals surface area (Å²) < 4.78 is 22.0. The average Bonchev–Trinajstić information content (AvgIpc) is 2.70. The number of carbonyl (C=O) groups excluding carboxylic acids is 1. The average molecular weight is 435 g/mol. The summed E-state index contributed by atoms with van der Waals surface area (Å²) in [7, 11) is 6.11. The Morgan fingerprint density at radius 1 is 1.00 bits per heavy atom. The highest BCUT2D eigenvalue weighted by Gasteiger charge is 2.20. The number of benzene rings is 2. The van der Waals surface area contributed by atoms with Gasteiger partial charge in [0.25, 0.3) is 0 Å². The topological polar surface area (TPSA) is 54.0 Å². The largest absolute Gasteiger partial charge is 0.493 e. The van der Waals surface area contributed by atoms with Gasteiger partial charge in [0.15, 0.2) is 11.5 Å². The van der Waals surface area contributed by atoms with Crippen LogP contribution in [0.5, 0.6) is 17.2 Å². The lowest BCUT2D eigenvalue weighted by atomic mass is 9.95. The van der Waals surface area contributed by atoms with Gasteiger partial charge in [-0.05, 0) is 41.8 Å². The Balaban J connectivity index is 2.25. The van der Waals surface area contributed by atoms with E-state index in [1.807, 2.05) is 48.6 Å². The van der Waals surface area contributed by atoms with E-state index in [1.54, 1.807) is 21.3 Å². The minimum atomic E-state index is -0.374. The first-order valence-corrected chi connectivity index (χ1v) is 9.13. The SMILES string of the molecule is COC(=O)[C@@H](C/C=C/c1cc(OC)c(OC)c(OC)c1)c1ccc(Br)cc1. The fraction of sp³-hybridized carbons (Fsp3) is 0.286. The van der Waals surface area contributed by atoms with Gasteiger partial charge in [0.2, 0.25) is 5.75 Å². The predicted octanol–water partition coefficient (Wildman–Crippen LogP) is 4.84. The molecule has 0 saturated carbocycles. The van der Waals surface area contributed by atoms with Gasteiger partial charge in [0, 0.05) is 4.47 Å². The van der Waals surface area contributed by atoms with Gasteiger partial charge in [-0.3, -0.25) is 4.79 Å². The zero-order valence-corrected chi connectivity index (χ0v) is 17.4. The Labute approximate surface area is 168 Å². The molecule has 0 aliphatic rings. The van der Waals surface area contributed by atoms with E-state index in [0.717, 1.165) is 15.6 Å². The highest BCUT2D eigenvalue weighted by atomic mass is 79.9. The van der Waals surface area contributed by atoms with Crippen LogP contribution < -0.4 is 14.2 Å². The summed E-state index contributed by atoms with van der Waals surface area (Å²) in [6.07, 6.45) is 4.36. The molecule has 0 N–H and O–H groups in total. The molecule has 0 aliphatic carbocycles. The molecule has 5 nitrogen and oxygen atoms in total. The van der Waals surface area contributed by atoms with Crippen LogP contribution in [-0.2, 0) is 9.53 Å². The van der Waals surface area contributed by atoms with E-state index < -0.39 is 0 Å². The third-order valence-corrected chi connectivity index (χ3v) is 4.66. The number of allylic oxidation sites excluding steroid dienone is 1. The molecular formula is C21H23BrO5. The summed E-state index contributed by atoms with van der Waals surface area (Å²) in [5.41, 5.74) is 1.78. The molecule has 2 rings (SSSR count). The molecule has 0 aromatic heterocycles. The molecule has 0 aliphatic heterocycles. The van der Waals surface area contributed by atoms with Crippen molar-refractivity contribution in [3.05, 3.63) is 58.1 Å². The Hall–Kier alpha value is -2.47. The molecular weight excluding hydrogens is 412 g/mol. The fourth-order valence-electron chi connectivity index (χ4n) is 2.74. The second-order valence-electron chi connectivity index (χ2n) is 5.72. The number of halogens is 1. The summed E-state index contributed by atoms with van der Waals surface area (Å²) in [6, 6.07) is 11.4. The van der Waals surface area contributed by atoms with Crippen molar-refractivity contribution < 1.29 is 23.7 Å². The molecule has 0 unspecified atom stereocenters. The maximum atomic E-state index is 12.2. The summed E-state index contributed by atoms with van der Waals surface area (Å²) in [6.45, 7) is 0. The highest BCUT2D eigenvalue weighted by molar-refractivity contribution is 9.10. The number of rotatable bonds is 8. The Morgan fingerprint density at radius 3 is 2.07 bits per heavy atom. The van der Waals surface area contributed by atoms with Crippen molar-refractivity contribution in [3.8, 4) is 17.2 Å². The Bertz CT molecular complexity index is 774. The minimum Gasteiger partial charge on any atom is -0.493 e. The van der Waals surface area contributed by atoms with Crippen LogP contribution in [0.3, 0.4) is 0 Å². The van der Waals surface area contributed by atoms with E-state index in [4.69, 9.17) is 18.9 Å². The molecule has 0 fully saturated rings. The maximum Gasteiger partial charge on any atom is 0.313 e. The van der Waals surface area contributed by atoms with Gasteiger partial charge in [-0.2, -0.15) is 0 Å². The van der Waals surface area contributed by atoms with Crippen LogP contribution in [0.1, 0.15) is 23.5 Å². The van der Waals surface area contributed by atoms with Crippen molar-refractivity contribution in [1.29, 1.82) is 0 Å². The van der Waals surface area contributed by atoms with E-state index in [2.05, 4.69) is 15.9 Å². The first-order chi connectivity index (χ1) is 13.0. The van der Waals surface area contributed by atoms with Crippen molar-refractivity contribution in [2.75, 3.05) is 28.4 Å². The molecule has 0 radical (unpaired) electrons. The molecule has 6 heteroatoms. The molecule has 0 bridgehead atoms. The molecule has 0 spiro atoms. The number of carbonyl (C=O) groups is 1. The van der Waals surface area contributed by atoms with Crippen LogP contribution in [-0.4, -0.2) is 34.4 Å². The van der Waals surface area contributed by atoms with Crippen molar-refractivity contribution in [2.45, 2.75) is 12.3 Å². The standard InChI is InChI=1S/C21H23BrO5/c1-24-18-12-14(13-19(25-2)20(18)26-3)6-5-7-17(21(23)27-4)15-8-10-16(22)11-9-15/h5-6,8-13,17H,7H2,1-4H3/b6-5+/t17-/m0/s1. The lowest BCUT2D eigenvalue weighted by Gasteiger charge is -2.14. The monoisotopic (exact) mass is 434 g/mol. The molecule has 0 saturated heterocycles. The van der Waals surface area contributed by atoms with Gasteiger partial charge >= 0.3 is 5.97 Å². The van der Waals surface area contributed by atoms with E-state index in [9.17, 15) is 4.79 Å². The van der Waals surface area contributed by atoms with Gasteiger partial charge < -0.3 is 18.9 Å². The molecule has 27 heavy (non-hydrogen) atoms. The predicted molar refractivity (Wildman–Crippen MR) is 109 cm³/mol. The van der Waals surface area contributed by atoms with Crippen LogP contribution in [0.25, 0.3) is 6.08 Å². The van der Waals surface area contributed by atoms with E-state index in [0.29, 0.717) is 23.7 Å². The van der Waals surface area contributed by atoms with Crippen LogP contribution in [0, 0.1) is 0 Å². The lowest BCUT2D eigenvalue weighted by Crippen LogP contribution is -2.13. The molecule has 144 valence electrons. The van der Waals surface area contributed by atoms with E-state index >= 15 is 0 Å². The number of methoxy groups -OCH3 is 4. The van der Waals surface area contributed by atoms with Gasteiger partial charge in [0.1, 0.15) is 0 Å². The summed E-state index contributed by atoms with van der Waals surface area (Å²) in [4.78, 5) is 12.2. The summed E-state index contributed by atoms with van der Waals surface area (Å²) in [5, 5.41) is 0. The van der Waals surface area contributed by atoms with Crippen molar-refractivity contribution >= 4 is 28.0 Å². The minimum absolute atomic E-state index is 0.271. The number of ether oxygens (including phenoxy) is 4. The van der Waals surface area contributed by atoms with Crippen LogP contribution in [0.15, 0.2) is 46.9 Å². The molecule has 0 amide bonds. The van der Waals surface area contributed by atoms with Crippen molar-refractivity contribution in [1.82, 2.24) is 0 Å². The molecule has 0 heterocycles. The first-order valence-electron chi connectivity index (χ1n) is 8.33. The van der Waals surface area contributed by atoms with Crippen LogP contribution in [0.2, 0.25) is 0 Å². The fourth-order valence-corrected chi connectivity index (χ4v) is 3.01. The van der Waals surface area contributed by atoms with E-state index in [-0.39, 0.29) is 11.9 Å². The van der Waals surface area contributed by atoms with E-state index in [1.165, 1.54) is 7.11 Å². The zero-order chi connectivity index (χ0) is 19.8. The lowest BCUT2D eigenvalue weighted by molar-refractivity contribution is -0.142. The van der Waals surface area contributed by atoms with Crippen LogP contribution >= 0.6 is 15.9 Å². The highest BCUT2D eigenvalue weighted by Crippen LogP contribution is 2.38. The number of hydrogen-bond donors (Lipinski definition) is 0. The third-order valence-electron chi connectivity index (χ3n) is 4.13. The normalized spacial score (nSPS) is 11.9. The maximum absolute atomic E-state index is 12.2. The third kappa shape index (κ3) is 5.26. The second-order valence-corrected chi connectivity index (χ2v) is 6.64. The van der Waals surface area contributed by atoms with Gasteiger partial charge in [-0.15, -0.1) is 0 Å². The Morgan fingerprint density at radius 2 is 1.59 bits per heavy atom. The summed E-state index contributed by atoms with van der Waals surface area (Å²) in [5.74, 6) is 1.05. The molecule has 2 aromatic rings. The first kappa shape index (κ1) is 20.8. The van der Waals surface area contributed by atoms with Gasteiger partial charge in [0.05, 0.1) is 34.4 Å². The summed E-state index contributed by atoms with van der Waals surface area (Å²) >= 11 is 3.41. The van der Waals surface area contributed by atoms with Crippen molar-refractivity contribution in [2.24, 2.45) is 0 Å². The molecule has 1 atom stereocenters.